The molecule has 6 heteroatoms. The van der Waals surface area contributed by atoms with Crippen molar-refractivity contribution in [2.24, 2.45) is 5.92 Å². The van der Waals surface area contributed by atoms with Gasteiger partial charge < -0.3 is 4.90 Å². The number of carbonyl (C=O) groups excluding carboxylic acids is 2. The third-order valence-corrected chi connectivity index (χ3v) is 5.71. The molecule has 0 aromatic heterocycles. The Morgan fingerprint density at radius 1 is 1.22 bits per heavy atom. The molecule has 2 aliphatic rings. The SMILES string of the molecule is CC1CCN(CC(=O)NNC(=O)C2CCC2)c2ccccc2S1. The Morgan fingerprint density at radius 3 is 2.74 bits per heavy atom. The summed E-state index contributed by atoms with van der Waals surface area (Å²) in [5.41, 5.74) is 6.21. The average molecular weight is 333 g/mol. The summed E-state index contributed by atoms with van der Waals surface area (Å²) in [5, 5.41) is 0.530. The van der Waals surface area contributed by atoms with Crippen LogP contribution in [0.15, 0.2) is 29.2 Å². The summed E-state index contributed by atoms with van der Waals surface area (Å²) in [6.45, 7) is 3.31. The largest absolute Gasteiger partial charge is 0.361 e. The number of para-hydroxylation sites is 1. The Bertz CT molecular complexity index is 589. The van der Waals surface area contributed by atoms with Gasteiger partial charge in [0.15, 0.2) is 0 Å². The summed E-state index contributed by atoms with van der Waals surface area (Å²) in [6, 6.07) is 8.19. The highest BCUT2D eigenvalue weighted by Gasteiger charge is 2.26. The Morgan fingerprint density at radius 2 is 2.00 bits per heavy atom. The van der Waals surface area contributed by atoms with E-state index in [1.165, 1.54) is 4.90 Å². The fraction of sp³-hybridized carbons (Fsp3) is 0.529. The molecule has 1 aliphatic carbocycles. The first-order valence-electron chi connectivity index (χ1n) is 8.23. The van der Waals surface area contributed by atoms with Gasteiger partial charge in [0.05, 0.1) is 12.2 Å². The summed E-state index contributed by atoms with van der Waals surface area (Å²) in [6.07, 6.45) is 3.99. The molecular weight excluding hydrogens is 310 g/mol. The number of fused-ring (bicyclic) bond motifs is 1. The van der Waals surface area contributed by atoms with Crippen LogP contribution in [0.3, 0.4) is 0 Å². The third-order valence-electron chi connectivity index (χ3n) is 4.48. The van der Waals surface area contributed by atoms with Crippen LogP contribution in [-0.2, 0) is 9.59 Å². The van der Waals surface area contributed by atoms with Crippen LogP contribution < -0.4 is 15.8 Å². The average Bonchev–Trinajstić information content (AvgIpc) is 2.63. The summed E-state index contributed by atoms with van der Waals surface area (Å²) >= 11 is 1.85. The molecule has 1 heterocycles. The summed E-state index contributed by atoms with van der Waals surface area (Å²) < 4.78 is 0. The van der Waals surface area contributed by atoms with Crippen LogP contribution in [0.1, 0.15) is 32.6 Å². The maximum Gasteiger partial charge on any atom is 0.257 e. The molecular formula is C17H23N3O2S. The third kappa shape index (κ3) is 3.99. The molecule has 23 heavy (non-hydrogen) atoms. The van der Waals surface area contributed by atoms with E-state index in [1.54, 1.807) is 0 Å². The first kappa shape index (κ1) is 16.2. The molecule has 5 nitrogen and oxygen atoms in total. The van der Waals surface area contributed by atoms with Crippen molar-refractivity contribution in [2.75, 3.05) is 18.0 Å². The molecule has 1 unspecified atom stereocenters. The predicted molar refractivity (Wildman–Crippen MR) is 92.2 cm³/mol. The monoisotopic (exact) mass is 333 g/mol. The zero-order valence-corrected chi connectivity index (χ0v) is 14.2. The maximum atomic E-state index is 12.2. The topological polar surface area (TPSA) is 61.4 Å². The van der Waals surface area contributed by atoms with E-state index in [2.05, 4.69) is 34.8 Å². The summed E-state index contributed by atoms with van der Waals surface area (Å²) in [4.78, 5) is 27.3. The number of rotatable bonds is 3. The van der Waals surface area contributed by atoms with Crippen molar-refractivity contribution in [1.29, 1.82) is 0 Å². The zero-order valence-electron chi connectivity index (χ0n) is 13.4. The summed E-state index contributed by atoms with van der Waals surface area (Å²) in [5.74, 6) is -0.163. The number of hydrogen-bond donors (Lipinski definition) is 2. The number of hydrogen-bond acceptors (Lipinski definition) is 4. The fourth-order valence-corrected chi connectivity index (χ4v) is 3.96. The molecule has 1 fully saturated rings. The van der Waals surface area contributed by atoms with Gasteiger partial charge in [-0.05, 0) is 31.4 Å². The van der Waals surface area contributed by atoms with E-state index >= 15 is 0 Å². The lowest BCUT2D eigenvalue weighted by Gasteiger charge is -2.26. The van der Waals surface area contributed by atoms with Gasteiger partial charge in [0, 0.05) is 22.6 Å². The molecule has 124 valence electrons. The lowest BCUT2D eigenvalue weighted by Crippen LogP contribution is -2.49. The number of nitrogens with zero attached hydrogens (tertiary/aromatic N) is 1. The van der Waals surface area contributed by atoms with Crippen molar-refractivity contribution >= 4 is 29.3 Å². The smallest absolute Gasteiger partial charge is 0.257 e. The van der Waals surface area contributed by atoms with Crippen LogP contribution >= 0.6 is 11.8 Å². The van der Waals surface area contributed by atoms with Crippen molar-refractivity contribution in [3.8, 4) is 0 Å². The zero-order chi connectivity index (χ0) is 16.2. The van der Waals surface area contributed by atoms with Crippen molar-refractivity contribution < 1.29 is 9.59 Å². The lowest BCUT2D eigenvalue weighted by atomic mass is 9.85. The highest BCUT2D eigenvalue weighted by atomic mass is 32.2. The minimum atomic E-state index is -0.174. The van der Waals surface area contributed by atoms with E-state index in [4.69, 9.17) is 0 Å². The van der Waals surface area contributed by atoms with Gasteiger partial charge in [0.1, 0.15) is 0 Å². The number of hydrazine groups is 1. The van der Waals surface area contributed by atoms with Gasteiger partial charge in [0.2, 0.25) is 5.91 Å². The highest BCUT2D eigenvalue weighted by molar-refractivity contribution is 8.00. The van der Waals surface area contributed by atoms with E-state index in [0.29, 0.717) is 5.25 Å². The van der Waals surface area contributed by atoms with Crippen LogP contribution in [0.25, 0.3) is 0 Å². The molecule has 0 radical (unpaired) electrons. The second-order valence-corrected chi connectivity index (χ2v) is 7.75. The van der Waals surface area contributed by atoms with Gasteiger partial charge in [-0.25, -0.2) is 0 Å². The molecule has 0 spiro atoms. The number of nitrogens with one attached hydrogen (secondary N) is 2. The Hall–Kier alpha value is -1.69. The van der Waals surface area contributed by atoms with Crippen molar-refractivity contribution in [3.05, 3.63) is 24.3 Å². The molecule has 3 rings (SSSR count). The molecule has 1 aromatic rings. The minimum Gasteiger partial charge on any atom is -0.361 e. The molecule has 2 N–H and O–H groups in total. The predicted octanol–water partition coefficient (Wildman–Crippen LogP) is 2.32. The Balaban J connectivity index is 1.58. The number of thioether (sulfide) groups is 1. The standard InChI is InChI=1S/C17H23N3O2S/c1-12-9-10-20(14-7-2-3-8-15(14)23-12)11-16(21)18-19-17(22)13-5-4-6-13/h2-3,7-8,12-13H,4-6,9-11H2,1H3,(H,18,21)(H,19,22). The number of benzene rings is 1. The molecule has 1 aliphatic heterocycles. The van der Waals surface area contributed by atoms with Gasteiger partial charge in [-0.2, -0.15) is 0 Å². The van der Waals surface area contributed by atoms with Crippen LogP contribution in [0, 0.1) is 5.92 Å². The highest BCUT2D eigenvalue weighted by Crippen LogP contribution is 2.36. The van der Waals surface area contributed by atoms with Gasteiger partial charge in [-0.15, -0.1) is 11.8 Å². The first-order chi connectivity index (χ1) is 11.1. The van der Waals surface area contributed by atoms with Gasteiger partial charge in [-0.3, -0.25) is 20.4 Å². The maximum absolute atomic E-state index is 12.2. The van der Waals surface area contributed by atoms with Crippen LogP contribution in [0.5, 0.6) is 0 Å². The van der Waals surface area contributed by atoms with E-state index in [1.807, 2.05) is 23.9 Å². The number of carbonyl (C=O) groups is 2. The fourth-order valence-electron chi connectivity index (χ4n) is 2.83. The number of amides is 2. The van der Waals surface area contributed by atoms with Crippen LogP contribution in [0.2, 0.25) is 0 Å². The molecule has 0 saturated heterocycles. The Kier molecular flexibility index (Phi) is 5.10. The van der Waals surface area contributed by atoms with E-state index < -0.39 is 0 Å². The van der Waals surface area contributed by atoms with Crippen LogP contribution in [0.4, 0.5) is 5.69 Å². The first-order valence-corrected chi connectivity index (χ1v) is 9.11. The van der Waals surface area contributed by atoms with Crippen molar-refractivity contribution in [3.63, 3.8) is 0 Å². The van der Waals surface area contributed by atoms with E-state index in [9.17, 15) is 9.59 Å². The molecule has 1 atom stereocenters. The second kappa shape index (κ2) is 7.25. The molecule has 2 amide bonds. The molecule has 0 bridgehead atoms. The van der Waals surface area contributed by atoms with E-state index in [0.717, 1.165) is 37.9 Å². The molecule has 1 saturated carbocycles. The van der Waals surface area contributed by atoms with Gasteiger partial charge in [-0.1, -0.05) is 25.5 Å². The second-order valence-electron chi connectivity index (χ2n) is 6.27. The quantitative estimate of drug-likeness (QED) is 0.834. The molecule has 1 aromatic carbocycles. The lowest BCUT2D eigenvalue weighted by molar-refractivity contribution is -0.132. The van der Waals surface area contributed by atoms with Crippen LogP contribution in [-0.4, -0.2) is 30.2 Å². The van der Waals surface area contributed by atoms with Crippen molar-refractivity contribution in [2.45, 2.75) is 42.8 Å². The Labute approximate surface area is 141 Å². The minimum absolute atomic E-state index is 0.0648. The van der Waals surface area contributed by atoms with E-state index in [-0.39, 0.29) is 24.3 Å². The van der Waals surface area contributed by atoms with Gasteiger partial charge in [0.25, 0.3) is 5.91 Å². The number of anilines is 1. The summed E-state index contributed by atoms with van der Waals surface area (Å²) in [7, 11) is 0. The normalized spacial score (nSPS) is 20.9. The van der Waals surface area contributed by atoms with Gasteiger partial charge >= 0.3 is 0 Å². The van der Waals surface area contributed by atoms with Crippen molar-refractivity contribution in [1.82, 2.24) is 10.9 Å².